The third-order valence-corrected chi connectivity index (χ3v) is 3.45. The maximum absolute atomic E-state index is 12.4. The number of carbonyl (C=O) groups excluding carboxylic acids is 2. The van der Waals surface area contributed by atoms with E-state index in [-0.39, 0.29) is 17.7 Å². The molecule has 5 heteroatoms. The summed E-state index contributed by atoms with van der Waals surface area (Å²) >= 11 is 0. The topological polar surface area (TPSA) is 58.6 Å². The number of aryl methyl sites for hydroxylation is 1. The fourth-order valence-corrected chi connectivity index (χ4v) is 2.09. The number of nitrogens with one attached hydrogen (secondary N) is 1. The summed E-state index contributed by atoms with van der Waals surface area (Å²) in [7, 11) is 1.72. The molecule has 1 aromatic carbocycles. The lowest BCUT2D eigenvalue weighted by Gasteiger charge is -2.26. The van der Waals surface area contributed by atoms with Crippen LogP contribution in [0, 0.1) is 12.8 Å². The Labute approximate surface area is 132 Å². The number of likely N-dealkylation sites (N-methyl/N-ethyl adjacent to an activating group) is 1. The van der Waals surface area contributed by atoms with Gasteiger partial charge >= 0.3 is 0 Å². The van der Waals surface area contributed by atoms with Crippen LogP contribution in [0.4, 0.5) is 0 Å². The van der Waals surface area contributed by atoms with Crippen molar-refractivity contribution in [1.82, 2.24) is 10.2 Å². The molecule has 1 N–H and O–H groups in total. The molecule has 0 bridgehead atoms. The number of carbonyl (C=O) groups is 2. The zero-order chi connectivity index (χ0) is 16.7. The molecule has 0 aromatic heterocycles. The molecule has 0 aliphatic heterocycles. The third kappa shape index (κ3) is 5.39. The molecular formula is C17H26N2O3. The van der Waals surface area contributed by atoms with Crippen LogP contribution in [0.2, 0.25) is 0 Å². The molecule has 0 aliphatic carbocycles. The molecule has 22 heavy (non-hydrogen) atoms. The largest absolute Gasteiger partial charge is 0.491 e. The van der Waals surface area contributed by atoms with Gasteiger partial charge in [0.05, 0.1) is 6.54 Å². The molecule has 2 amide bonds. The van der Waals surface area contributed by atoms with Crippen LogP contribution in [0.15, 0.2) is 24.3 Å². The Balaban J connectivity index is 2.53. The second kappa shape index (κ2) is 8.41. The molecule has 1 atom stereocenters. The normalized spacial score (nSPS) is 11.9. The van der Waals surface area contributed by atoms with Crippen LogP contribution >= 0.6 is 0 Å². The van der Waals surface area contributed by atoms with E-state index in [4.69, 9.17) is 4.74 Å². The first-order valence-corrected chi connectivity index (χ1v) is 7.53. The van der Waals surface area contributed by atoms with Crippen molar-refractivity contribution in [3.8, 4) is 5.75 Å². The molecule has 0 spiro atoms. The van der Waals surface area contributed by atoms with Gasteiger partial charge in [-0.2, -0.15) is 0 Å². The summed E-state index contributed by atoms with van der Waals surface area (Å²) in [6.45, 7) is 8.11. The lowest BCUT2D eigenvalue weighted by atomic mass is 10.0. The Bertz CT molecular complexity index is 514. The van der Waals surface area contributed by atoms with Gasteiger partial charge in [0.25, 0.3) is 0 Å². The minimum Gasteiger partial charge on any atom is -0.491 e. The van der Waals surface area contributed by atoms with E-state index in [1.807, 2.05) is 45.0 Å². The Morgan fingerprint density at radius 1 is 1.27 bits per heavy atom. The summed E-state index contributed by atoms with van der Waals surface area (Å²) in [5.74, 6) is 0.567. The van der Waals surface area contributed by atoms with Gasteiger partial charge in [-0.15, -0.1) is 0 Å². The zero-order valence-corrected chi connectivity index (χ0v) is 14.1. The number of nitrogens with zero attached hydrogens (tertiary/aromatic N) is 1. The van der Waals surface area contributed by atoms with Crippen molar-refractivity contribution in [2.24, 2.45) is 5.92 Å². The molecule has 0 heterocycles. The number of amides is 2. The van der Waals surface area contributed by atoms with Gasteiger partial charge in [-0.05, 0) is 24.5 Å². The summed E-state index contributed by atoms with van der Waals surface area (Å²) in [6, 6.07) is 7.27. The predicted octanol–water partition coefficient (Wildman–Crippen LogP) is 1.99. The Morgan fingerprint density at radius 2 is 1.91 bits per heavy atom. The van der Waals surface area contributed by atoms with E-state index in [1.165, 1.54) is 6.92 Å². The smallest absolute Gasteiger partial charge is 0.245 e. The summed E-state index contributed by atoms with van der Waals surface area (Å²) in [6.07, 6.45) is 0. The molecule has 1 aromatic rings. The van der Waals surface area contributed by atoms with Crippen molar-refractivity contribution in [2.75, 3.05) is 20.2 Å². The molecule has 122 valence electrons. The van der Waals surface area contributed by atoms with E-state index >= 15 is 0 Å². The third-order valence-electron chi connectivity index (χ3n) is 3.45. The first-order chi connectivity index (χ1) is 10.3. The van der Waals surface area contributed by atoms with E-state index in [9.17, 15) is 9.59 Å². The van der Waals surface area contributed by atoms with E-state index < -0.39 is 6.04 Å². The minimum atomic E-state index is -0.499. The summed E-state index contributed by atoms with van der Waals surface area (Å²) in [4.78, 5) is 25.2. The van der Waals surface area contributed by atoms with E-state index in [0.717, 1.165) is 11.3 Å². The van der Waals surface area contributed by atoms with Crippen LogP contribution in [0.1, 0.15) is 26.3 Å². The van der Waals surface area contributed by atoms with E-state index in [2.05, 4.69) is 5.32 Å². The molecular weight excluding hydrogens is 280 g/mol. The van der Waals surface area contributed by atoms with Crippen LogP contribution in [0.3, 0.4) is 0 Å². The molecule has 1 rings (SSSR count). The number of benzene rings is 1. The molecule has 5 nitrogen and oxygen atoms in total. The molecule has 0 saturated heterocycles. The number of hydrogen-bond acceptors (Lipinski definition) is 3. The van der Waals surface area contributed by atoms with Crippen LogP contribution in [-0.2, 0) is 9.59 Å². The van der Waals surface area contributed by atoms with E-state index in [1.54, 1.807) is 11.9 Å². The Hall–Kier alpha value is -2.04. The number of para-hydroxylation sites is 1. The molecule has 0 saturated carbocycles. The highest BCUT2D eigenvalue weighted by molar-refractivity contribution is 5.86. The van der Waals surface area contributed by atoms with Crippen molar-refractivity contribution in [3.05, 3.63) is 29.8 Å². The first-order valence-electron chi connectivity index (χ1n) is 7.53. The van der Waals surface area contributed by atoms with E-state index in [0.29, 0.717) is 13.2 Å². The fraction of sp³-hybridized carbons (Fsp3) is 0.529. The van der Waals surface area contributed by atoms with Crippen molar-refractivity contribution in [1.29, 1.82) is 0 Å². The lowest BCUT2D eigenvalue weighted by molar-refractivity contribution is -0.136. The van der Waals surface area contributed by atoms with Gasteiger partial charge < -0.3 is 15.0 Å². The van der Waals surface area contributed by atoms with Crippen molar-refractivity contribution < 1.29 is 14.3 Å². The number of rotatable bonds is 7. The van der Waals surface area contributed by atoms with Crippen LogP contribution < -0.4 is 10.1 Å². The highest BCUT2D eigenvalue weighted by atomic mass is 16.5. The Kier molecular flexibility index (Phi) is 6.89. The first kappa shape index (κ1) is 18.0. The summed E-state index contributed by atoms with van der Waals surface area (Å²) in [5, 5.41) is 2.71. The number of ether oxygens (including phenoxy) is 1. The quantitative estimate of drug-likeness (QED) is 0.838. The Morgan fingerprint density at radius 3 is 2.45 bits per heavy atom. The second-order valence-electron chi connectivity index (χ2n) is 5.80. The van der Waals surface area contributed by atoms with Crippen molar-refractivity contribution in [2.45, 2.75) is 33.7 Å². The van der Waals surface area contributed by atoms with Gasteiger partial charge in [-0.3, -0.25) is 9.59 Å². The van der Waals surface area contributed by atoms with Gasteiger partial charge in [-0.25, -0.2) is 0 Å². The van der Waals surface area contributed by atoms with Crippen LogP contribution in [-0.4, -0.2) is 43.0 Å². The van der Waals surface area contributed by atoms with Crippen molar-refractivity contribution >= 4 is 11.8 Å². The van der Waals surface area contributed by atoms with Gasteiger partial charge in [0, 0.05) is 14.0 Å². The molecule has 0 aliphatic rings. The van der Waals surface area contributed by atoms with Crippen LogP contribution in [0.25, 0.3) is 0 Å². The number of hydrogen-bond donors (Lipinski definition) is 1. The summed E-state index contributed by atoms with van der Waals surface area (Å²) in [5.41, 5.74) is 1.06. The van der Waals surface area contributed by atoms with Crippen LogP contribution in [0.5, 0.6) is 5.75 Å². The minimum absolute atomic E-state index is 0.0381. The standard InChI is InChI=1S/C17H26N2O3/c1-12(2)16(18-14(4)20)17(21)19(5)10-11-22-15-9-7-6-8-13(15)3/h6-9,12,16H,10-11H2,1-5H3,(H,18,20)/t16-/m1/s1. The maximum atomic E-state index is 12.4. The van der Waals surface area contributed by atoms with Gasteiger partial charge in [-0.1, -0.05) is 32.0 Å². The van der Waals surface area contributed by atoms with Gasteiger partial charge in [0.1, 0.15) is 18.4 Å². The zero-order valence-electron chi connectivity index (χ0n) is 14.1. The van der Waals surface area contributed by atoms with Gasteiger partial charge in [0.2, 0.25) is 11.8 Å². The molecule has 0 radical (unpaired) electrons. The highest BCUT2D eigenvalue weighted by Gasteiger charge is 2.25. The highest BCUT2D eigenvalue weighted by Crippen LogP contribution is 2.16. The average Bonchev–Trinajstić information content (AvgIpc) is 2.45. The van der Waals surface area contributed by atoms with Gasteiger partial charge in [0.15, 0.2) is 0 Å². The SMILES string of the molecule is CC(=O)N[C@@H](C(=O)N(C)CCOc1ccccc1C)C(C)C. The summed E-state index contributed by atoms with van der Waals surface area (Å²) < 4.78 is 5.70. The monoisotopic (exact) mass is 306 g/mol. The maximum Gasteiger partial charge on any atom is 0.245 e. The molecule has 0 unspecified atom stereocenters. The lowest BCUT2D eigenvalue weighted by Crippen LogP contribution is -2.50. The average molecular weight is 306 g/mol. The molecule has 0 fully saturated rings. The van der Waals surface area contributed by atoms with Crippen molar-refractivity contribution in [3.63, 3.8) is 0 Å². The predicted molar refractivity (Wildman–Crippen MR) is 86.8 cm³/mol. The second-order valence-corrected chi connectivity index (χ2v) is 5.80. The fourth-order valence-electron chi connectivity index (χ4n) is 2.09.